The minimum atomic E-state index is 0.636. The van der Waals surface area contributed by atoms with E-state index >= 15 is 0 Å². The van der Waals surface area contributed by atoms with Crippen LogP contribution in [0.15, 0.2) is 36.8 Å². The molecular weight excluding hydrogens is 240 g/mol. The Bertz CT molecular complexity index is 635. The zero-order valence-corrected chi connectivity index (χ0v) is 10.6. The van der Waals surface area contributed by atoms with E-state index in [-0.39, 0.29) is 0 Å². The summed E-state index contributed by atoms with van der Waals surface area (Å²) in [6.45, 7) is 1.32. The molecule has 98 valence electrons. The lowest BCUT2D eigenvalue weighted by molar-refractivity contribution is 0.640. The maximum absolute atomic E-state index is 5.48. The highest BCUT2D eigenvalue weighted by Crippen LogP contribution is 2.06. The maximum Gasteiger partial charge on any atom is 0.137 e. The molecule has 3 aromatic rings. The van der Waals surface area contributed by atoms with Crippen molar-refractivity contribution in [1.82, 2.24) is 24.4 Å². The summed E-state index contributed by atoms with van der Waals surface area (Å²) in [5, 5.41) is 8.24. The molecule has 0 aromatic carbocycles. The van der Waals surface area contributed by atoms with Crippen molar-refractivity contribution < 1.29 is 0 Å². The fourth-order valence-electron chi connectivity index (χ4n) is 2.04. The normalized spacial score (nSPS) is 11.2. The van der Waals surface area contributed by atoms with Gasteiger partial charge < -0.3 is 10.1 Å². The summed E-state index contributed by atoms with van der Waals surface area (Å²) in [6, 6.07) is 5.95. The number of imidazole rings is 1. The Kier molecular flexibility index (Phi) is 3.24. The third kappa shape index (κ3) is 2.63. The fourth-order valence-corrected chi connectivity index (χ4v) is 2.04. The second kappa shape index (κ2) is 5.19. The standard InChI is InChI=1S/C13H16N6/c14-6-3-4-11-9-19(17-16-11)10-12-8-18-7-2-1-5-13(18)15-12/h1-2,5,7-9H,3-4,6,10,14H2. The van der Waals surface area contributed by atoms with Crippen LogP contribution in [-0.4, -0.2) is 30.9 Å². The van der Waals surface area contributed by atoms with Gasteiger partial charge in [-0.25, -0.2) is 9.67 Å². The summed E-state index contributed by atoms with van der Waals surface area (Å²) in [4.78, 5) is 4.53. The van der Waals surface area contributed by atoms with Crippen LogP contribution in [0.1, 0.15) is 17.8 Å². The van der Waals surface area contributed by atoms with Crippen LogP contribution in [0.4, 0.5) is 0 Å². The van der Waals surface area contributed by atoms with E-state index < -0.39 is 0 Å². The Hall–Kier alpha value is -2.21. The van der Waals surface area contributed by atoms with Gasteiger partial charge in [-0.15, -0.1) is 5.10 Å². The van der Waals surface area contributed by atoms with E-state index in [2.05, 4.69) is 15.3 Å². The van der Waals surface area contributed by atoms with Crippen LogP contribution in [0.25, 0.3) is 5.65 Å². The molecule has 0 spiro atoms. The quantitative estimate of drug-likeness (QED) is 0.735. The summed E-state index contributed by atoms with van der Waals surface area (Å²) in [5.41, 5.74) is 8.38. The van der Waals surface area contributed by atoms with Gasteiger partial charge in [0.25, 0.3) is 0 Å². The molecule has 6 heteroatoms. The van der Waals surface area contributed by atoms with Gasteiger partial charge in [0.05, 0.1) is 17.9 Å². The lowest BCUT2D eigenvalue weighted by Gasteiger charge is -1.94. The number of aromatic nitrogens is 5. The second-order valence-electron chi connectivity index (χ2n) is 4.50. The Balaban J connectivity index is 1.75. The van der Waals surface area contributed by atoms with Crippen molar-refractivity contribution in [3.8, 4) is 0 Å². The minimum absolute atomic E-state index is 0.636. The average Bonchev–Trinajstić information content (AvgIpc) is 3.02. The van der Waals surface area contributed by atoms with Crippen LogP contribution in [-0.2, 0) is 13.0 Å². The lowest BCUT2D eigenvalue weighted by atomic mass is 10.2. The molecule has 0 saturated heterocycles. The van der Waals surface area contributed by atoms with E-state index in [0.717, 1.165) is 29.9 Å². The summed E-state index contributed by atoms with van der Waals surface area (Å²) in [6.07, 6.45) is 7.77. The Morgan fingerprint density at radius 1 is 1.16 bits per heavy atom. The first-order valence-corrected chi connectivity index (χ1v) is 6.37. The molecule has 3 rings (SSSR count). The van der Waals surface area contributed by atoms with Crippen LogP contribution in [0.2, 0.25) is 0 Å². The highest BCUT2D eigenvalue weighted by molar-refractivity contribution is 5.39. The van der Waals surface area contributed by atoms with Crippen molar-refractivity contribution in [1.29, 1.82) is 0 Å². The number of hydrogen-bond acceptors (Lipinski definition) is 4. The van der Waals surface area contributed by atoms with Crippen LogP contribution in [0.5, 0.6) is 0 Å². The number of nitrogens with two attached hydrogens (primary N) is 1. The molecular formula is C13H16N6. The van der Waals surface area contributed by atoms with Crippen LogP contribution in [0, 0.1) is 0 Å². The van der Waals surface area contributed by atoms with Gasteiger partial charge in [0, 0.05) is 18.6 Å². The third-order valence-corrected chi connectivity index (χ3v) is 2.96. The number of pyridine rings is 1. The molecule has 0 radical (unpaired) electrons. The van der Waals surface area contributed by atoms with Crippen molar-refractivity contribution in [2.75, 3.05) is 6.54 Å². The first kappa shape index (κ1) is 11.9. The van der Waals surface area contributed by atoms with Gasteiger partial charge in [0.1, 0.15) is 5.65 Å². The summed E-state index contributed by atoms with van der Waals surface area (Å²) < 4.78 is 3.81. The van der Waals surface area contributed by atoms with Crippen LogP contribution in [0.3, 0.4) is 0 Å². The molecule has 19 heavy (non-hydrogen) atoms. The average molecular weight is 256 g/mol. The minimum Gasteiger partial charge on any atom is -0.330 e. The van der Waals surface area contributed by atoms with Gasteiger partial charge in [-0.05, 0) is 31.5 Å². The molecule has 3 heterocycles. The van der Waals surface area contributed by atoms with Gasteiger partial charge >= 0.3 is 0 Å². The summed E-state index contributed by atoms with van der Waals surface area (Å²) in [5.74, 6) is 0. The molecule has 0 aliphatic rings. The smallest absolute Gasteiger partial charge is 0.137 e. The second-order valence-corrected chi connectivity index (χ2v) is 4.50. The van der Waals surface area contributed by atoms with Crippen LogP contribution < -0.4 is 5.73 Å². The van der Waals surface area contributed by atoms with Crippen molar-refractivity contribution in [3.63, 3.8) is 0 Å². The van der Waals surface area contributed by atoms with Gasteiger partial charge in [-0.3, -0.25) is 0 Å². The number of hydrogen-bond donors (Lipinski definition) is 1. The predicted molar refractivity (Wildman–Crippen MR) is 71.7 cm³/mol. The molecule has 0 fully saturated rings. The van der Waals surface area contributed by atoms with E-state index in [1.54, 1.807) is 0 Å². The SMILES string of the molecule is NCCCc1cn(Cc2cn3ccccc3n2)nn1. The molecule has 0 aliphatic carbocycles. The largest absolute Gasteiger partial charge is 0.330 e. The molecule has 2 N–H and O–H groups in total. The number of aryl methyl sites for hydroxylation is 1. The van der Waals surface area contributed by atoms with Crippen LogP contribution >= 0.6 is 0 Å². The molecule has 0 unspecified atom stereocenters. The molecule has 0 amide bonds. The third-order valence-electron chi connectivity index (χ3n) is 2.96. The Labute approximate surface area is 110 Å². The van der Waals surface area contributed by atoms with E-state index in [4.69, 9.17) is 5.73 Å². The van der Waals surface area contributed by atoms with Crippen molar-refractivity contribution in [2.24, 2.45) is 5.73 Å². The van der Waals surface area contributed by atoms with E-state index in [1.807, 2.05) is 45.9 Å². The number of fused-ring (bicyclic) bond motifs is 1. The summed E-state index contributed by atoms with van der Waals surface area (Å²) in [7, 11) is 0. The summed E-state index contributed by atoms with van der Waals surface area (Å²) >= 11 is 0. The highest BCUT2D eigenvalue weighted by Gasteiger charge is 2.04. The lowest BCUT2D eigenvalue weighted by Crippen LogP contribution is -2.01. The zero-order chi connectivity index (χ0) is 13.1. The molecule has 0 saturated carbocycles. The first-order chi connectivity index (χ1) is 9.35. The highest BCUT2D eigenvalue weighted by atomic mass is 15.4. The van der Waals surface area contributed by atoms with Crippen molar-refractivity contribution in [3.05, 3.63) is 48.2 Å². The van der Waals surface area contributed by atoms with Crippen molar-refractivity contribution in [2.45, 2.75) is 19.4 Å². The van der Waals surface area contributed by atoms with Gasteiger partial charge in [0.15, 0.2) is 0 Å². The van der Waals surface area contributed by atoms with Gasteiger partial charge in [-0.2, -0.15) is 0 Å². The monoisotopic (exact) mass is 256 g/mol. The van der Waals surface area contributed by atoms with E-state index in [9.17, 15) is 0 Å². The van der Waals surface area contributed by atoms with Gasteiger partial charge in [0.2, 0.25) is 0 Å². The number of rotatable bonds is 5. The Morgan fingerprint density at radius 3 is 2.95 bits per heavy atom. The molecule has 6 nitrogen and oxygen atoms in total. The Morgan fingerprint density at radius 2 is 2.11 bits per heavy atom. The molecule has 0 atom stereocenters. The molecule has 3 aromatic heterocycles. The first-order valence-electron chi connectivity index (χ1n) is 6.37. The van der Waals surface area contributed by atoms with E-state index in [1.165, 1.54) is 0 Å². The maximum atomic E-state index is 5.48. The molecule has 0 bridgehead atoms. The van der Waals surface area contributed by atoms with Gasteiger partial charge in [-0.1, -0.05) is 11.3 Å². The fraction of sp³-hybridized carbons (Fsp3) is 0.308. The topological polar surface area (TPSA) is 74.0 Å². The number of nitrogens with zero attached hydrogens (tertiary/aromatic N) is 5. The molecule has 0 aliphatic heterocycles. The van der Waals surface area contributed by atoms with Crippen molar-refractivity contribution >= 4 is 5.65 Å². The predicted octanol–water partition coefficient (Wildman–Crippen LogP) is 0.865. The zero-order valence-electron chi connectivity index (χ0n) is 10.6. The van der Waals surface area contributed by atoms with E-state index in [0.29, 0.717) is 13.1 Å².